The number of aliphatic carboxylic acids is 1. The van der Waals surface area contributed by atoms with Crippen molar-refractivity contribution in [1.29, 1.82) is 0 Å². The minimum absolute atomic E-state index is 0.218. The maximum absolute atomic E-state index is 11.7. The van der Waals surface area contributed by atoms with Crippen molar-refractivity contribution < 1.29 is 14.7 Å². The first-order valence-corrected chi connectivity index (χ1v) is 6.35. The normalized spacial score (nSPS) is 26.2. The molecule has 4 N–H and O–H groups in total. The first-order valence-electron chi connectivity index (χ1n) is 6.35. The van der Waals surface area contributed by atoms with Crippen LogP contribution in [0.4, 0.5) is 0 Å². The Morgan fingerprint density at radius 3 is 2.65 bits per heavy atom. The molecule has 1 amide bonds. The molecule has 17 heavy (non-hydrogen) atoms. The van der Waals surface area contributed by atoms with Crippen molar-refractivity contribution in [1.82, 2.24) is 5.32 Å². The highest BCUT2D eigenvalue weighted by Crippen LogP contribution is 2.24. The third-order valence-electron chi connectivity index (χ3n) is 3.35. The molecule has 5 nitrogen and oxygen atoms in total. The standard InChI is InChI=1S/C12H22N2O3/c1-2-5-9(13)11(15)14-10-7-4-3-6-8(10)12(16)17/h8-10H,2-7,13H2,1H3,(H,14,15)(H,16,17)/t8?,9-,10?/m0/s1. The van der Waals surface area contributed by atoms with Crippen LogP contribution in [0.15, 0.2) is 0 Å². The van der Waals surface area contributed by atoms with Gasteiger partial charge >= 0.3 is 5.97 Å². The number of nitrogens with one attached hydrogen (secondary N) is 1. The van der Waals surface area contributed by atoms with Crippen molar-refractivity contribution in [3.05, 3.63) is 0 Å². The van der Waals surface area contributed by atoms with Gasteiger partial charge in [-0.3, -0.25) is 9.59 Å². The number of carboxylic acid groups (broad SMARTS) is 1. The molecule has 0 aromatic heterocycles. The lowest BCUT2D eigenvalue weighted by Crippen LogP contribution is -2.50. The first kappa shape index (κ1) is 14.0. The zero-order valence-corrected chi connectivity index (χ0v) is 10.3. The van der Waals surface area contributed by atoms with Crippen molar-refractivity contribution in [2.75, 3.05) is 0 Å². The Morgan fingerprint density at radius 2 is 2.06 bits per heavy atom. The highest BCUT2D eigenvalue weighted by atomic mass is 16.4. The average Bonchev–Trinajstić information content (AvgIpc) is 2.29. The van der Waals surface area contributed by atoms with E-state index in [1.54, 1.807) is 0 Å². The number of rotatable bonds is 5. The van der Waals surface area contributed by atoms with Gasteiger partial charge in [-0.25, -0.2) is 0 Å². The lowest BCUT2D eigenvalue weighted by Gasteiger charge is -2.30. The van der Waals surface area contributed by atoms with Gasteiger partial charge in [0.15, 0.2) is 0 Å². The summed E-state index contributed by atoms with van der Waals surface area (Å²) < 4.78 is 0. The summed E-state index contributed by atoms with van der Waals surface area (Å²) in [6, 6.07) is -0.770. The fraction of sp³-hybridized carbons (Fsp3) is 0.833. The molecule has 0 saturated heterocycles. The number of amides is 1. The fourth-order valence-corrected chi connectivity index (χ4v) is 2.33. The van der Waals surface area contributed by atoms with Crippen molar-refractivity contribution in [3.8, 4) is 0 Å². The van der Waals surface area contributed by atoms with Gasteiger partial charge in [-0.2, -0.15) is 0 Å². The summed E-state index contributed by atoms with van der Waals surface area (Å²) in [6.07, 6.45) is 4.75. The van der Waals surface area contributed by atoms with Crippen LogP contribution < -0.4 is 11.1 Å². The minimum atomic E-state index is -0.820. The van der Waals surface area contributed by atoms with E-state index in [0.717, 1.165) is 25.7 Å². The number of carboxylic acids is 1. The molecule has 0 spiro atoms. The third kappa shape index (κ3) is 4.00. The van der Waals surface area contributed by atoms with Gasteiger partial charge in [0.25, 0.3) is 0 Å². The molecule has 0 aliphatic heterocycles. The molecule has 0 bridgehead atoms. The number of carbonyl (C=O) groups excluding carboxylic acids is 1. The number of carbonyl (C=O) groups is 2. The maximum atomic E-state index is 11.7. The lowest BCUT2D eigenvalue weighted by atomic mass is 9.84. The number of nitrogens with two attached hydrogens (primary N) is 1. The van der Waals surface area contributed by atoms with Gasteiger partial charge < -0.3 is 16.2 Å². The van der Waals surface area contributed by atoms with Crippen molar-refractivity contribution >= 4 is 11.9 Å². The second kappa shape index (κ2) is 6.59. The summed E-state index contributed by atoms with van der Waals surface area (Å²) in [6.45, 7) is 1.97. The van der Waals surface area contributed by atoms with Crippen LogP contribution in [0.3, 0.4) is 0 Å². The van der Waals surface area contributed by atoms with E-state index in [1.807, 2.05) is 6.92 Å². The van der Waals surface area contributed by atoms with E-state index in [1.165, 1.54) is 0 Å². The van der Waals surface area contributed by atoms with E-state index in [9.17, 15) is 9.59 Å². The fourth-order valence-electron chi connectivity index (χ4n) is 2.33. The molecule has 0 heterocycles. The van der Waals surface area contributed by atoms with Gasteiger partial charge in [-0.15, -0.1) is 0 Å². The van der Waals surface area contributed by atoms with Crippen LogP contribution in [0.1, 0.15) is 45.4 Å². The molecule has 1 fully saturated rings. The molecule has 1 saturated carbocycles. The second-order valence-corrected chi connectivity index (χ2v) is 4.74. The molecule has 5 heteroatoms. The Morgan fingerprint density at radius 1 is 1.41 bits per heavy atom. The molecular formula is C12H22N2O3. The van der Waals surface area contributed by atoms with Crippen LogP contribution in [0.2, 0.25) is 0 Å². The second-order valence-electron chi connectivity index (χ2n) is 4.74. The lowest BCUT2D eigenvalue weighted by molar-refractivity contribution is -0.144. The molecular weight excluding hydrogens is 220 g/mol. The van der Waals surface area contributed by atoms with Crippen molar-refractivity contribution in [3.63, 3.8) is 0 Å². The van der Waals surface area contributed by atoms with E-state index >= 15 is 0 Å². The van der Waals surface area contributed by atoms with E-state index < -0.39 is 17.9 Å². The van der Waals surface area contributed by atoms with E-state index in [4.69, 9.17) is 10.8 Å². The molecule has 0 aromatic carbocycles. The quantitative estimate of drug-likeness (QED) is 0.667. The first-order chi connectivity index (χ1) is 8.06. The third-order valence-corrected chi connectivity index (χ3v) is 3.35. The Labute approximate surface area is 102 Å². The predicted molar refractivity (Wildman–Crippen MR) is 64.4 cm³/mol. The predicted octanol–water partition coefficient (Wildman–Crippen LogP) is 0.873. The largest absolute Gasteiger partial charge is 0.481 e. The molecule has 1 aliphatic carbocycles. The van der Waals surface area contributed by atoms with Gasteiger partial charge in [0.05, 0.1) is 12.0 Å². The van der Waals surface area contributed by atoms with Crippen LogP contribution in [-0.2, 0) is 9.59 Å². The zero-order chi connectivity index (χ0) is 12.8. The van der Waals surface area contributed by atoms with Crippen molar-refractivity contribution in [2.24, 2.45) is 11.7 Å². The Kier molecular flexibility index (Phi) is 5.41. The van der Waals surface area contributed by atoms with E-state index in [0.29, 0.717) is 12.8 Å². The van der Waals surface area contributed by atoms with Crippen LogP contribution in [0, 0.1) is 5.92 Å². The van der Waals surface area contributed by atoms with Crippen LogP contribution in [0.5, 0.6) is 0 Å². The molecule has 0 radical (unpaired) electrons. The summed E-state index contributed by atoms with van der Waals surface area (Å²) >= 11 is 0. The minimum Gasteiger partial charge on any atom is -0.481 e. The highest BCUT2D eigenvalue weighted by Gasteiger charge is 2.32. The SMILES string of the molecule is CCC[C@H](N)C(=O)NC1CCCCC1C(=O)O. The zero-order valence-electron chi connectivity index (χ0n) is 10.3. The van der Waals surface area contributed by atoms with Gasteiger partial charge in [0.1, 0.15) is 0 Å². The smallest absolute Gasteiger partial charge is 0.308 e. The van der Waals surface area contributed by atoms with Gasteiger partial charge in [0, 0.05) is 6.04 Å². The van der Waals surface area contributed by atoms with Gasteiger partial charge in [0.2, 0.25) is 5.91 Å². The highest BCUT2D eigenvalue weighted by molar-refractivity contribution is 5.82. The van der Waals surface area contributed by atoms with Gasteiger partial charge in [-0.05, 0) is 19.3 Å². The Hall–Kier alpha value is -1.10. The molecule has 0 aromatic rings. The average molecular weight is 242 g/mol. The molecule has 3 atom stereocenters. The van der Waals surface area contributed by atoms with E-state index in [-0.39, 0.29) is 11.9 Å². The summed E-state index contributed by atoms with van der Waals surface area (Å²) in [5.41, 5.74) is 5.71. The summed E-state index contributed by atoms with van der Waals surface area (Å²) in [7, 11) is 0. The molecule has 2 unspecified atom stereocenters. The maximum Gasteiger partial charge on any atom is 0.308 e. The topological polar surface area (TPSA) is 92.4 Å². The van der Waals surface area contributed by atoms with Crippen LogP contribution in [-0.4, -0.2) is 29.1 Å². The van der Waals surface area contributed by atoms with Crippen molar-refractivity contribution in [2.45, 2.75) is 57.5 Å². The van der Waals surface area contributed by atoms with E-state index in [2.05, 4.69) is 5.32 Å². The molecule has 98 valence electrons. The Balaban J connectivity index is 2.52. The summed E-state index contributed by atoms with van der Waals surface area (Å²) in [4.78, 5) is 22.8. The number of hydrogen-bond donors (Lipinski definition) is 3. The van der Waals surface area contributed by atoms with Gasteiger partial charge in [-0.1, -0.05) is 26.2 Å². The Bertz CT molecular complexity index is 281. The monoisotopic (exact) mass is 242 g/mol. The summed E-state index contributed by atoms with van der Waals surface area (Å²) in [5, 5.41) is 11.9. The van der Waals surface area contributed by atoms with Crippen LogP contribution in [0.25, 0.3) is 0 Å². The molecule has 1 aliphatic rings. The number of hydrogen-bond acceptors (Lipinski definition) is 3. The summed E-state index contributed by atoms with van der Waals surface area (Å²) in [5.74, 6) is -1.49. The molecule has 1 rings (SSSR count). The van der Waals surface area contributed by atoms with Crippen LogP contribution >= 0.6 is 0 Å².